The molecule has 150 valence electrons. The van der Waals surface area contributed by atoms with E-state index in [4.69, 9.17) is 14.2 Å². The second-order valence-corrected chi connectivity index (χ2v) is 6.68. The van der Waals surface area contributed by atoms with Crippen LogP contribution < -0.4 is 25.1 Å². The predicted molar refractivity (Wildman–Crippen MR) is 104 cm³/mol. The van der Waals surface area contributed by atoms with Crippen molar-refractivity contribution in [2.24, 2.45) is 0 Å². The first-order chi connectivity index (χ1) is 13.5. The van der Waals surface area contributed by atoms with E-state index in [9.17, 15) is 9.59 Å². The van der Waals surface area contributed by atoms with E-state index in [1.165, 1.54) is 32.1 Å². The zero-order valence-corrected chi connectivity index (χ0v) is 16.4. The van der Waals surface area contributed by atoms with E-state index in [0.29, 0.717) is 28.5 Å². The molecule has 1 aromatic carbocycles. The van der Waals surface area contributed by atoms with Crippen molar-refractivity contribution >= 4 is 5.91 Å². The van der Waals surface area contributed by atoms with Crippen LogP contribution in [0.3, 0.4) is 0 Å². The maximum Gasteiger partial charge on any atom is 0.267 e. The molecule has 1 aromatic heterocycles. The van der Waals surface area contributed by atoms with Gasteiger partial charge in [-0.1, -0.05) is 12.8 Å². The van der Waals surface area contributed by atoms with E-state index in [1.54, 1.807) is 18.2 Å². The van der Waals surface area contributed by atoms with Crippen molar-refractivity contribution in [2.75, 3.05) is 21.3 Å². The molecule has 28 heavy (non-hydrogen) atoms. The minimum Gasteiger partial charge on any atom is -0.493 e. The van der Waals surface area contributed by atoms with Crippen molar-refractivity contribution in [2.45, 2.75) is 38.3 Å². The number of rotatable bonds is 7. The number of amides is 1. The number of carbonyl (C=O) groups excluding carboxylic acids is 1. The number of hydrogen-bond acceptors (Lipinski definition) is 6. The Morgan fingerprint density at radius 3 is 2.32 bits per heavy atom. The van der Waals surface area contributed by atoms with Gasteiger partial charge in [-0.25, -0.2) is 4.68 Å². The molecule has 1 amide bonds. The van der Waals surface area contributed by atoms with Crippen molar-refractivity contribution in [3.8, 4) is 28.5 Å². The molecule has 0 saturated heterocycles. The standard InChI is InChI=1S/C20H25N3O5/c1-26-16-10-13(11-17(27-2)20(16)28-3)15-8-9-19(25)23(22-15)12-18(24)21-14-6-4-5-7-14/h8-11,14H,4-7,12H2,1-3H3,(H,21,24). The summed E-state index contributed by atoms with van der Waals surface area (Å²) in [6.07, 6.45) is 4.22. The quantitative estimate of drug-likeness (QED) is 0.781. The van der Waals surface area contributed by atoms with Crippen LogP contribution in [0.4, 0.5) is 0 Å². The summed E-state index contributed by atoms with van der Waals surface area (Å²) in [5.41, 5.74) is 0.865. The van der Waals surface area contributed by atoms with Crippen LogP contribution in [0, 0.1) is 0 Å². The molecule has 0 atom stereocenters. The molecule has 8 heteroatoms. The Kier molecular flexibility index (Phi) is 6.18. The first-order valence-corrected chi connectivity index (χ1v) is 9.23. The van der Waals surface area contributed by atoms with Crippen LogP contribution in [-0.4, -0.2) is 43.1 Å². The molecule has 1 saturated carbocycles. The number of hydrogen-bond donors (Lipinski definition) is 1. The number of benzene rings is 1. The maximum atomic E-state index is 12.3. The van der Waals surface area contributed by atoms with Gasteiger partial charge in [0.15, 0.2) is 11.5 Å². The highest BCUT2D eigenvalue weighted by Crippen LogP contribution is 2.40. The molecule has 8 nitrogen and oxygen atoms in total. The zero-order valence-electron chi connectivity index (χ0n) is 16.4. The molecule has 0 radical (unpaired) electrons. The topological polar surface area (TPSA) is 91.7 Å². The smallest absolute Gasteiger partial charge is 0.267 e. The van der Waals surface area contributed by atoms with Gasteiger partial charge in [-0.3, -0.25) is 9.59 Å². The second kappa shape index (κ2) is 8.77. The highest BCUT2D eigenvalue weighted by Gasteiger charge is 2.19. The summed E-state index contributed by atoms with van der Waals surface area (Å²) in [5.74, 6) is 1.23. The lowest BCUT2D eigenvalue weighted by Gasteiger charge is -2.15. The average molecular weight is 387 g/mol. The molecule has 2 aromatic rings. The summed E-state index contributed by atoms with van der Waals surface area (Å²) >= 11 is 0. The third kappa shape index (κ3) is 4.27. The van der Waals surface area contributed by atoms with E-state index >= 15 is 0 Å². The fourth-order valence-electron chi connectivity index (χ4n) is 3.42. The summed E-state index contributed by atoms with van der Waals surface area (Å²) in [7, 11) is 4.59. The van der Waals surface area contributed by atoms with Crippen LogP contribution in [0.15, 0.2) is 29.1 Å². The SMILES string of the molecule is COc1cc(-c2ccc(=O)n(CC(=O)NC3CCCC3)n2)cc(OC)c1OC. The summed E-state index contributed by atoms with van der Waals surface area (Å²) in [6.45, 7) is -0.117. The Labute approximate surface area is 163 Å². The van der Waals surface area contributed by atoms with Gasteiger partial charge < -0.3 is 19.5 Å². The van der Waals surface area contributed by atoms with E-state index in [2.05, 4.69) is 10.4 Å². The number of carbonyl (C=O) groups is 1. The van der Waals surface area contributed by atoms with Crippen LogP contribution in [0.1, 0.15) is 25.7 Å². The lowest BCUT2D eigenvalue weighted by atomic mass is 10.1. The van der Waals surface area contributed by atoms with Crippen molar-refractivity contribution in [1.29, 1.82) is 0 Å². The second-order valence-electron chi connectivity index (χ2n) is 6.68. The molecule has 1 aliphatic carbocycles. The van der Waals surface area contributed by atoms with E-state index in [-0.39, 0.29) is 24.1 Å². The van der Waals surface area contributed by atoms with Crippen LogP contribution in [0.5, 0.6) is 17.2 Å². The highest BCUT2D eigenvalue weighted by molar-refractivity contribution is 5.76. The van der Waals surface area contributed by atoms with E-state index in [0.717, 1.165) is 25.7 Å². The number of methoxy groups -OCH3 is 3. The Hall–Kier alpha value is -3.03. The van der Waals surface area contributed by atoms with Crippen molar-refractivity contribution in [3.05, 3.63) is 34.6 Å². The first-order valence-electron chi connectivity index (χ1n) is 9.23. The van der Waals surface area contributed by atoms with Gasteiger partial charge in [-0.2, -0.15) is 5.10 Å². The predicted octanol–water partition coefficient (Wildman–Crippen LogP) is 1.99. The fraction of sp³-hybridized carbons (Fsp3) is 0.450. The number of ether oxygens (including phenoxy) is 3. The zero-order chi connectivity index (χ0) is 20.1. The lowest BCUT2D eigenvalue weighted by Crippen LogP contribution is -2.38. The molecule has 0 aliphatic heterocycles. The minimum absolute atomic E-state index is 0.117. The van der Waals surface area contributed by atoms with Crippen LogP contribution in [0.2, 0.25) is 0 Å². The van der Waals surface area contributed by atoms with Gasteiger partial charge in [-0.05, 0) is 31.0 Å². The van der Waals surface area contributed by atoms with E-state index in [1.807, 2.05) is 0 Å². The fourth-order valence-corrected chi connectivity index (χ4v) is 3.42. The molecule has 1 fully saturated rings. The third-order valence-corrected chi connectivity index (χ3v) is 4.84. The molecule has 3 rings (SSSR count). The highest BCUT2D eigenvalue weighted by atomic mass is 16.5. The minimum atomic E-state index is -0.335. The lowest BCUT2D eigenvalue weighted by molar-refractivity contribution is -0.122. The van der Waals surface area contributed by atoms with Gasteiger partial charge in [-0.15, -0.1) is 0 Å². The summed E-state index contributed by atoms with van der Waals surface area (Å²) < 4.78 is 17.2. The molecule has 0 bridgehead atoms. The van der Waals surface area contributed by atoms with Crippen LogP contribution in [0.25, 0.3) is 11.3 Å². The van der Waals surface area contributed by atoms with Gasteiger partial charge in [0.1, 0.15) is 6.54 Å². The Balaban J connectivity index is 1.88. The average Bonchev–Trinajstić information content (AvgIpc) is 3.21. The largest absolute Gasteiger partial charge is 0.493 e. The number of nitrogens with one attached hydrogen (secondary N) is 1. The third-order valence-electron chi connectivity index (χ3n) is 4.84. The molecule has 0 spiro atoms. The number of aromatic nitrogens is 2. The normalized spacial score (nSPS) is 14.0. The monoisotopic (exact) mass is 387 g/mol. The first kappa shape index (κ1) is 19.7. The summed E-state index contributed by atoms with van der Waals surface area (Å²) in [4.78, 5) is 24.5. The molecule has 1 heterocycles. The van der Waals surface area contributed by atoms with Gasteiger partial charge in [0.2, 0.25) is 11.7 Å². The molecule has 0 unspecified atom stereocenters. The van der Waals surface area contributed by atoms with Crippen molar-refractivity contribution in [3.63, 3.8) is 0 Å². The van der Waals surface area contributed by atoms with Gasteiger partial charge in [0.25, 0.3) is 5.56 Å². The maximum absolute atomic E-state index is 12.3. The Bertz CT molecular complexity index is 878. The van der Waals surface area contributed by atoms with Gasteiger partial charge in [0.05, 0.1) is 27.0 Å². The molecular weight excluding hydrogens is 362 g/mol. The van der Waals surface area contributed by atoms with Crippen molar-refractivity contribution in [1.82, 2.24) is 15.1 Å². The number of nitrogens with zero attached hydrogens (tertiary/aromatic N) is 2. The van der Waals surface area contributed by atoms with Crippen molar-refractivity contribution < 1.29 is 19.0 Å². The Morgan fingerprint density at radius 1 is 1.11 bits per heavy atom. The Morgan fingerprint density at radius 2 is 1.75 bits per heavy atom. The van der Waals surface area contributed by atoms with Gasteiger partial charge in [0, 0.05) is 17.7 Å². The molecular formula is C20H25N3O5. The van der Waals surface area contributed by atoms with E-state index < -0.39 is 0 Å². The van der Waals surface area contributed by atoms with Crippen LogP contribution >= 0.6 is 0 Å². The molecule has 1 aliphatic rings. The molecule has 1 N–H and O–H groups in total. The summed E-state index contributed by atoms with van der Waals surface area (Å²) in [6, 6.07) is 6.69. The van der Waals surface area contributed by atoms with Crippen LogP contribution in [-0.2, 0) is 11.3 Å². The summed E-state index contributed by atoms with van der Waals surface area (Å²) in [5, 5.41) is 7.32. The van der Waals surface area contributed by atoms with Gasteiger partial charge >= 0.3 is 0 Å².